The second-order valence-corrected chi connectivity index (χ2v) is 4.43. The Kier molecular flexibility index (Phi) is 3.71. The molecule has 2 rings (SSSR count). The number of rotatable bonds is 4. The number of hydrogen-bond donors (Lipinski definition) is 1. The van der Waals surface area contributed by atoms with E-state index in [-0.39, 0.29) is 5.91 Å². The lowest BCUT2D eigenvalue weighted by Gasteiger charge is -2.24. The molecule has 4 nitrogen and oxygen atoms in total. The quantitative estimate of drug-likeness (QED) is 0.862. The first-order chi connectivity index (χ1) is 8.28. The van der Waals surface area contributed by atoms with Crippen molar-refractivity contribution in [3.8, 4) is 6.07 Å². The topological polar surface area (TPSA) is 65.8 Å². The molecule has 1 aliphatic rings. The molecule has 0 saturated heterocycles. The molecule has 0 aromatic carbocycles. The normalized spacial score (nSPS) is 14.8. The molecule has 1 aromatic rings. The van der Waals surface area contributed by atoms with Crippen molar-refractivity contribution in [2.24, 2.45) is 5.92 Å². The third-order valence-electron chi connectivity index (χ3n) is 3.16. The molecule has 1 aliphatic carbocycles. The standard InChI is InChI=1S/C13H15N3O/c14-8-11-4-6-12(15-9-11)16-13(17)7-5-10-2-1-3-10/h4,6,9-10H,1-3,5,7H2,(H,15,16,17). The zero-order valence-corrected chi connectivity index (χ0v) is 9.65. The van der Waals surface area contributed by atoms with Gasteiger partial charge in [0.1, 0.15) is 11.9 Å². The minimum Gasteiger partial charge on any atom is -0.311 e. The number of nitrogens with zero attached hydrogens (tertiary/aromatic N) is 2. The van der Waals surface area contributed by atoms with Gasteiger partial charge in [-0.05, 0) is 24.5 Å². The van der Waals surface area contributed by atoms with E-state index < -0.39 is 0 Å². The van der Waals surface area contributed by atoms with Gasteiger partial charge in [-0.15, -0.1) is 0 Å². The first-order valence-corrected chi connectivity index (χ1v) is 5.94. The van der Waals surface area contributed by atoms with Crippen LogP contribution in [-0.4, -0.2) is 10.9 Å². The summed E-state index contributed by atoms with van der Waals surface area (Å²) in [6.07, 6.45) is 6.84. The highest BCUT2D eigenvalue weighted by Crippen LogP contribution is 2.30. The monoisotopic (exact) mass is 229 g/mol. The summed E-state index contributed by atoms with van der Waals surface area (Å²) in [6, 6.07) is 5.29. The molecule has 0 radical (unpaired) electrons. The van der Waals surface area contributed by atoms with Gasteiger partial charge in [-0.1, -0.05) is 19.3 Å². The van der Waals surface area contributed by atoms with Gasteiger partial charge in [0.2, 0.25) is 5.91 Å². The van der Waals surface area contributed by atoms with Crippen molar-refractivity contribution >= 4 is 11.7 Å². The van der Waals surface area contributed by atoms with Crippen molar-refractivity contribution < 1.29 is 4.79 Å². The summed E-state index contributed by atoms with van der Waals surface area (Å²) >= 11 is 0. The van der Waals surface area contributed by atoms with Crippen molar-refractivity contribution in [3.05, 3.63) is 23.9 Å². The van der Waals surface area contributed by atoms with Crippen molar-refractivity contribution in [1.82, 2.24) is 4.98 Å². The fourth-order valence-corrected chi connectivity index (χ4v) is 1.86. The molecule has 88 valence electrons. The number of nitrogens with one attached hydrogen (secondary N) is 1. The lowest BCUT2D eigenvalue weighted by atomic mass is 9.82. The lowest BCUT2D eigenvalue weighted by molar-refractivity contribution is -0.116. The molecule has 1 saturated carbocycles. The molecule has 1 N–H and O–H groups in total. The molecular formula is C13H15N3O. The van der Waals surface area contributed by atoms with Crippen LogP contribution in [0.2, 0.25) is 0 Å². The highest BCUT2D eigenvalue weighted by atomic mass is 16.1. The number of hydrogen-bond acceptors (Lipinski definition) is 3. The number of carbonyl (C=O) groups is 1. The Morgan fingerprint density at radius 2 is 2.35 bits per heavy atom. The van der Waals surface area contributed by atoms with E-state index in [2.05, 4.69) is 10.3 Å². The Balaban J connectivity index is 1.78. The molecule has 1 aromatic heterocycles. The molecule has 0 aliphatic heterocycles. The van der Waals surface area contributed by atoms with Crippen molar-refractivity contribution in [1.29, 1.82) is 5.26 Å². The Hall–Kier alpha value is -1.89. The van der Waals surface area contributed by atoms with E-state index in [0.29, 0.717) is 17.8 Å². The van der Waals surface area contributed by atoms with Gasteiger partial charge in [0, 0.05) is 12.6 Å². The number of carbonyl (C=O) groups excluding carboxylic acids is 1. The maximum absolute atomic E-state index is 11.6. The summed E-state index contributed by atoms with van der Waals surface area (Å²) in [5, 5.41) is 11.3. The van der Waals surface area contributed by atoms with Crippen LogP contribution in [0.4, 0.5) is 5.82 Å². The third-order valence-corrected chi connectivity index (χ3v) is 3.16. The third kappa shape index (κ3) is 3.28. The highest BCUT2D eigenvalue weighted by Gasteiger charge is 2.18. The Labute approximate surface area is 101 Å². The fraction of sp³-hybridized carbons (Fsp3) is 0.462. The smallest absolute Gasteiger partial charge is 0.225 e. The SMILES string of the molecule is N#Cc1ccc(NC(=O)CCC2CCC2)nc1. The maximum Gasteiger partial charge on any atom is 0.225 e. The van der Waals surface area contributed by atoms with Crippen molar-refractivity contribution in [2.45, 2.75) is 32.1 Å². The number of pyridine rings is 1. The van der Waals surface area contributed by atoms with Crippen LogP contribution in [0.1, 0.15) is 37.7 Å². The predicted molar refractivity (Wildman–Crippen MR) is 64.2 cm³/mol. The summed E-state index contributed by atoms with van der Waals surface area (Å²) in [5.74, 6) is 1.27. The Morgan fingerprint density at radius 3 is 2.88 bits per heavy atom. The summed E-state index contributed by atoms with van der Waals surface area (Å²) in [6.45, 7) is 0. The highest BCUT2D eigenvalue weighted by molar-refractivity contribution is 5.89. The van der Waals surface area contributed by atoms with Crippen LogP contribution in [0.5, 0.6) is 0 Å². The van der Waals surface area contributed by atoms with Gasteiger partial charge in [-0.2, -0.15) is 5.26 Å². The van der Waals surface area contributed by atoms with Crippen molar-refractivity contribution in [2.75, 3.05) is 5.32 Å². The zero-order chi connectivity index (χ0) is 12.1. The number of aromatic nitrogens is 1. The summed E-state index contributed by atoms with van der Waals surface area (Å²) in [7, 11) is 0. The molecule has 4 heteroatoms. The van der Waals surface area contributed by atoms with Crippen LogP contribution in [0.3, 0.4) is 0 Å². The minimum atomic E-state index is 0.00843. The summed E-state index contributed by atoms with van der Waals surface area (Å²) in [5.41, 5.74) is 0.498. The second-order valence-electron chi connectivity index (χ2n) is 4.43. The van der Waals surface area contributed by atoms with E-state index >= 15 is 0 Å². The van der Waals surface area contributed by atoms with E-state index in [1.807, 2.05) is 6.07 Å². The zero-order valence-electron chi connectivity index (χ0n) is 9.65. The summed E-state index contributed by atoms with van der Waals surface area (Å²) < 4.78 is 0. The Bertz CT molecular complexity index is 429. The van der Waals surface area contributed by atoms with Crippen LogP contribution < -0.4 is 5.32 Å². The van der Waals surface area contributed by atoms with Gasteiger partial charge in [-0.25, -0.2) is 4.98 Å². The molecule has 0 atom stereocenters. The van der Waals surface area contributed by atoms with Gasteiger partial charge in [0.15, 0.2) is 0 Å². The van der Waals surface area contributed by atoms with Gasteiger partial charge < -0.3 is 5.32 Å². The van der Waals surface area contributed by atoms with Gasteiger partial charge in [0.05, 0.1) is 5.56 Å². The van der Waals surface area contributed by atoms with E-state index in [1.165, 1.54) is 25.5 Å². The molecule has 1 amide bonds. The molecule has 0 spiro atoms. The molecule has 1 heterocycles. The van der Waals surface area contributed by atoms with Crippen LogP contribution in [0.15, 0.2) is 18.3 Å². The number of anilines is 1. The first-order valence-electron chi connectivity index (χ1n) is 5.94. The maximum atomic E-state index is 11.6. The van der Waals surface area contributed by atoms with Gasteiger partial charge >= 0.3 is 0 Å². The Morgan fingerprint density at radius 1 is 1.53 bits per heavy atom. The van der Waals surface area contributed by atoms with E-state index in [9.17, 15) is 4.79 Å². The molecule has 17 heavy (non-hydrogen) atoms. The lowest BCUT2D eigenvalue weighted by Crippen LogP contribution is -2.17. The molecular weight excluding hydrogens is 214 g/mol. The predicted octanol–water partition coefficient (Wildman–Crippen LogP) is 2.47. The fourth-order valence-electron chi connectivity index (χ4n) is 1.86. The summed E-state index contributed by atoms with van der Waals surface area (Å²) in [4.78, 5) is 15.6. The average molecular weight is 229 g/mol. The molecule has 1 fully saturated rings. The van der Waals surface area contributed by atoms with Crippen LogP contribution in [-0.2, 0) is 4.79 Å². The largest absolute Gasteiger partial charge is 0.311 e. The van der Waals surface area contributed by atoms with Crippen LogP contribution in [0.25, 0.3) is 0 Å². The minimum absolute atomic E-state index is 0.00843. The average Bonchev–Trinajstić information content (AvgIpc) is 2.28. The number of amides is 1. The van der Waals surface area contributed by atoms with Gasteiger partial charge in [0.25, 0.3) is 0 Å². The van der Waals surface area contributed by atoms with E-state index in [1.54, 1.807) is 12.1 Å². The van der Waals surface area contributed by atoms with Crippen LogP contribution in [0, 0.1) is 17.2 Å². The molecule has 0 bridgehead atoms. The van der Waals surface area contributed by atoms with E-state index in [4.69, 9.17) is 5.26 Å². The number of nitriles is 1. The second kappa shape index (κ2) is 5.44. The first kappa shape index (κ1) is 11.6. The molecule has 0 unspecified atom stereocenters. The van der Waals surface area contributed by atoms with Crippen molar-refractivity contribution in [3.63, 3.8) is 0 Å². The van der Waals surface area contributed by atoms with Crippen LogP contribution >= 0.6 is 0 Å². The van der Waals surface area contributed by atoms with E-state index in [0.717, 1.165) is 12.3 Å². The van der Waals surface area contributed by atoms with Gasteiger partial charge in [-0.3, -0.25) is 4.79 Å².